The Kier molecular flexibility index (Phi) is 4.79. The van der Waals surface area contributed by atoms with E-state index in [0.717, 1.165) is 12.0 Å². The van der Waals surface area contributed by atoms with E-state index in [2.05, 4.69) is 21.4 Å². The van der Waals surface area contributed by atoms with Crippen LogP contribution < -0.4 is 11.1 Å². The van der Waals surface area contributed by atoms with Gasteiger partial charge in [-0.3, -0.25) is 19.9 Å². The number of amides is 2. The number of benzene rings is 1. The normalized spacial score (nSPS) is 12.6. The minimum atomic E-state index is -0.441. The number of fused-ring (bicyclic) bond motifs is 1. The first-order chi connectivity index (χ1) is 12.4. The minimum absolute atomic E-state index is 0.00892. The molecule has 2 amide bonds. The number of hydrogen-bond donors (Lipinski definition) is 2. The lowest BCUT2D eigenvalue weighted by Crippen LogP contribution is -2.36. The third-order valence-electron chi connectivity index (χ3n) is 3.91. The molecule has 1 heterocycles. The molecule has 0 spiro atoms. The highest BCUT2D eigenvalue weighted by Gasteiger charge is 2.12. The first-order valence-electron chi connectivity index (χ1n) is 8.07. The number of allylic oxidation sites excluding steroid dienone is 1. The molecule has 132 valence electrons. The predicted molar refractivity (Wildman–Crippen MR) is 100 cm³/mol. The van der Waals surface area contributed by atoms with Crippen LogP contribution in [0.1, 0.15) is 32.0 Å². The minimum Gasteiger partial charge on any atom is -0.369 e. The zero-order chi connectivity index (χ0) is 18.7. The second-order valence-electron chi connectivity index (χ2n) is 6.07. The summed E-state index contributed by atoms with van der Waals surface area (Å²) in [6.45, 7) is 0. The van der Waals surface area contributed by atoms with E-state index < -0.39 is 5.91 Å². The lowest BCUT2D eigenvalue weighted by atomic mass is 10.1. The average Bonchev–Trinajstić information content (AvgIpc) is 3.08. The molecule has 0 saturated carbocycles. The van der Waals surface area contributed by atoms with Crippen molar-refractivity contribution in [2.75, 3.05) is 14.1 Å². The SMILES string of the molecule is CN(C)C(=O)c1ccc(C(=O)NC(N)=Nc2ccc3c(c2)C=CC3)cn1. The maximum absolute atomic E-state index is 12.2. The standard InChI is InChI=1S/C19H19N5O2/c1-24(2)18(26)16-9-7-14(11-21-16)17(25)23-19(20)22-15-8-6-12-4-3-5-13(12)10-15/h3,5-11H,4H2,1-2H3,(H3,20,22,23,25). The summed E-state index contributed by atoms with van der Waals surface area (Å²) in [6, 6.07) is 8.78. The van der Waals surface area contributed by atoms with Gasteiger partial charge < -0.3 is 10.6 Å². The molecule has 1 aromatic heterocycles. The summed E-state index contributed by atoms with van der Waals surface area (Å²) < 4.78 is 0. The van der Waals surface area contributed by atoms with Crippen molar-refractivity contribution in [2.45, 2.75) is 6.42 Å². The van der Waals surface area contributed by atoms with E-state index in [1.165, 1.54) is 28.8 Å². The van der Waals surface area contributed by atoms with Crippen LogP contribution in [0.4, 0.5) is 5.69 Å². The van der Waals surface area contributed by atoms with E-state index in [4.69, 9.17) is 5.73 Å². The summed E-state index contributed by atoms with van der Waals surface area (Å²) in [6.07, 6.45) is 6.37. The van der Waals surface area contributed by atoms with Crippen LogP contribution in [0.15, 0.2) is 47.6 Å². The van der Waals surface area contributed by atoms with Crippen LogP contribution in [0.2, 0.25) is 0 Å². The van der Waals surface area contributed by atoms with Crippen molar-refractivity contribution in [3.05, 3.63) is 65.0 Å². The monoisotopic (exact) mass is 349 g/mol. The van der Waals surface area contributed by atoms with Gasteiger partial charge in [0.15, 0.2) is 0 Å². The number of aliphatic imine (C=N–C) groups is 1. The Hall–Kier alpha value is -3.48. The topological polar surface area (TPSA) is 101 Å². The van der Waals surface area contributed by atoms with Crippen LogP contribution >= 0.6 is 0 Å². The number of hydrogen-bond acceptors (Lipinski definition) is 4. The molecule has 0 fully saturated rings. The van der Waals surface area contributed by atoms with E-state index in [9.17, 15) is 9.59 Å². The van der Waals surface area contributed by atoms with E-state index in [1.807, 2.05) is 24.3 Å². The molecule has 7 nitrogen and oxygen atoms in total. The highest BCUT2D eigenvalue weighted by molar-refractivity contribution is 6.06. The maximum atomic E-state index is 12.2. The first-order valence-corrected chi connectivity index (χ1v) is 8.07. The fourth-order valence-electron chi connectivity index (χ4n) is 2.55. The quantitative estimate of drug-likeness (QED) is 0.651. The van der Waals surface area contributed by atoms with Gasteiger partial charge >= 0.3 is 0 Å². The highest BCUT2D eigenvalue weighted by atomic mass is 16.2. The molecule has 7 heteroatoms. The van der Waals surface area contributed by atoms with Gasteiger partial charge in [-0.1, -0.05) is 18.2 Å². The van der Waals surface area contributed by atoms with Gasteiger partial charge in [0.1, 0.15) is 5.69 Å². The third kappa shape index (κ3) is 3.77. The third-order valence-corrected chi connectivity index (χ3v) is 3.91. The fourth-order valence-corrected chi connectivity index (χ4v) is 2.55. The molecule has 26 heavy (non-hydrogen) atoms. The Morgan fingerprint density at radius 1 is 1.23 bits per heavy atom. The highest BCUT2D eigenvalue weighted by Crippen LogP contribution is 2.24. The molecule has 3 rings (SSSR count). The summed E-state index contributed by atoms with van der Waals surface area (Å²) in [5.74, 6) is -0.683. The lowest BCUT2D eigenvalue weighted by molar-refractivity contribution is 0.0821. The molecule has 0 aliphatic heterocycles. The Balaban J connectivity index is 1.69. The van der Waals surface area contributed by atoms with Crippen LogP contribution in [0, 0.1) is 0 Å². The molecule has 0 bridgehead atoms. The van der Waals surface area contributed by atoms with E-state index in [-0.39, 0.29) is 23.1 Å². The van der Waals surface area contributed by atoms with Crippen molar-refractivity contribution in [1.82, 2.24) is 15.2 Å². The van der Waals surface area contributed by atoms with Gasteiger partial charge in [0, 0.05) is 20.3 Å². The summed E-state index contributed by atoms with van der Waals surface area (Å²) in [5, 5.41) is 2.52. The summed E-state index contributed by atoms with van der Waals surface area (Å²) in [4.78, 5) is 33.7. The molecule has 0 atom stereocenters. The summed E-state index contributed by atoms with van der Waals surface area (Å²) in [5.41, 5.74) is 9.39. The zero-order valence-electron chi connectivity index (χ0n) is 14.6. The van der Waals surface area contributed by atoms with Crippen molar-refractivity contribution >= 4 is 29.5 Å². The molecule has 1 aliphatic carbocycles. The molecule has 1 aliphatic rings. The van der Waals surface area contributed by atoms with Gasteiger partial charge in [-0.05, 0) is 41.8 Å². The fraction of sp³-hybridized carbons (Fsp3) is 0.158. The largest absolute Gasteiger partial charge is 0.369 e. The van der Waals surface area contributed by atoms with E-state index in [0.29, 0.717) is 5.69 Å². The molecule has 1 aromatic carbocycles. The summed E-state index contributed by atoms with van der Waals surface area (Å²) >= 11 is 0. The molecule has 2 aromatic rings. The lowest BCUT2D eigenvalue weighted by Gasteiger charge is -2.09. The maximum Gasteiger partial charge on any atom is 0.271 e. The van der Waals surface area contributed by atoms with Gasteiger partial charge in [-0.25, -0.2) is 4.99 Å². The van der Waals surface area contributed by atoms with Gasteiger partial charge in [0.25, 0.3) is 11.8 Å². The first kappa shape index (κ1) is 17.3. The Morgan fingerprint density at radius 3 is 2.73 bits per heavy atom. The Bertz CT molecular complexity index is 914. The van der Waals surface area contributed by atoms with Crippen molar-refractivity contribution in [3.8, 4) is 0 Å². The van der Waals surface area contributed by atoms with Crippen LogP contribution in [0.5, 0.6) is 0 Å². The van der Waals surface area contributed by atoms with Crippen LogP contribution in [0.25, 0.3) is 6.08 Å². The van der Waals surface area contributed by atoms with Crippen molar-refractivity contribution < 1.29 is 9.59 Å². The number of nitrogens with two attached hydrogens (primary N) is 1. The van der Waals surface area contributed by atoms with E-state index >= 15 is 0 Å². The van der Waals surface area contributed by atoms with Crippen molar-refractivity contribution in [3.63, 3.8) is 0 Å². The summed E-state index contributed by atoms with van der Waals surface area (Å²) in [7, 11) is 3.27. The number of carbonyl (C=O) groups is 2. The molecular formula is C19H19N5O2. The Morgan fingerprint density at radius 2 is 2.04 bits per heavy atom. The van der Waals surface area contributed by atoms with Gasteiger partial charge in [0.05, 0.1) is 11.3 Å². The molecule has 3 N–H and O–H groups in total. The second-order valence-corrected chi connectivity index (χ2v) is 6.07. The number of nitrogens with one attached hydrogen (secondary N) is 1. The van der Waals surface area contributed by atoms with Gasteiger partial charge in [0.2, 0.25) is 5.96 Å². The number of aromatic nitrogens is 1. The average molecular weight is 349 g/mol. The van der Waals surface area contributed by atoms with Gasteiger partial charge in [-0.15, -0.1) is 0 Å². The zero-order valence-corrected chi connectivity index (χ0v) is 14.6. The van der Waals surface area contributed by atoms with Crippen molar-refractivity contribution in [2.24, 2.45) is 10.7 Å². The van der Waals surface area contributed by atoms with Crippen LogP contribution in [-0.4, -0.2) is 41.8 Å². The number of rotatable bonds is 3. The number of nitrogens with zero attached hydrogens (tertiary/aromatic N) is 3. The smallest absolute Gasteiger partial charge is 0.271 e. The van der Waals surface area contributed by atoms with Crippen LogP contribution in [-0.2, 0) is 6.42 Å². The molecule has 0 saturated heterocycles. The molecule has 0 radical (unpaired) electrons. The van der Waals surface area contributed by atoms with Crippen LogP contribution in [0.3, 0.4) is 0 Å². The number of pyridine rings is 1. The Labute approximate surface area is 151 Å². The van der Waals surface area contributed by atoms with Gasteiger partial charge in [-0.2, -0.15) is 0 Å². The van der Waals surface area contributed by atoms with E-state index in [1.54, 1.807) is 14.1 Å². The molecule has 0 unspecified atom stereocenters. The number of guanidine groups is 1. The number of carbonyl (C=O) groups excluding carboxylic acids is 2. The second kappa shape index (κ2) is 7.18. The molecular weight excluding hydrogens is 330 g/mol. The van der Waals surface area contributed by atoms with Crippen molar-refractivity contribution in [1.29, 1.82) is 0 Å². The predicted octanol–water partition coefficient (Wildman–Crippen LogP) is 1.73.